The molecular formula is C13H22N2O3S. The van der Waals surface area contributed by atoms with Crippen molar-refractivity contribution in [3.05, 3.63) is 29.8 Å². The number of hydrogen-bond donors (Lipinski definition) is 2. The summed E-state index contributed by atoms with van der Waals surface area (Å²) < 4.78 is 30.1. The van der Waals surface area contributed by atoms with Crippen LogP contribution in [-0.2, 0) is 16.6 Å². The van der Waals surface area contributed by atoms with Crippen molar-refractivity contribution in [2.45, 2.75) is 19.9 Å². The Hall–Kier alpha value is -1.11. The van der Waals surface area contributed by atoms with E-state index in [2.05, 4.69) is 17.0 Å². The number of ether oxygens (including phenoxy) is 1. The smallest absolute Gasteiger partial charge is 0.212 e. The summed E-state index contributed by atoms with van der Waals surface area (Å²) >= 11 is 0. The number of hydrogen-bond acceptors (Lipinski definition) is 4. The van der Waals surface area contributed by atoms with Crippen molar-refractivity contribution in [1.82, 2.24) is 10.0 Å². The van der Waals surface area contributed by atoms with Gasteiger partial charge in [-0.1, -0.05) is 19.1 Å². The Morgan fingerprint density at radius 3 is 2.47 bits per heavy atom. The Morgan fingerprint density at radius 2 is 1.89 bits per heavy atom. The lowest BCUT2D eigenvalue weighted by atomic mass is 10.2. The van der Waals surface area contributed by atoms with Crippen LogP contribution < -0.4 is 14.8 Å². The summed E-state index contributed by atoms with van der Waals surface area (Å²) in [5.74, 6) is 0.949. The monoisotopic (exact) mass is 286 g/mol. The zero-order valence-corrected chi connectivity index (χ0v) is 12.3. The molecule has 0 saturated heterocycles. The van der Waals surface area contributed by atoms with Crippen LogP contribution in [0.4, 0.5) is 0 Å². The summed E-state index contributed by atoms with van der Waals surface area (Å²) in [4.78, 5) is 0. The Bertz CT molecular complexity index is 457. The van der Waals surface area contributed by atoms with E-state index in [9.17, 15) is 8.42 Å². The fourth-order valence-corrected chi connectivity index (χ4v) is 2.08. The maximum absolute atomic E-state index is 11.2. The molecule has 19 heavy (non-hydrogen) atoms. The molecule has 0 fully saturated rings. The molecule has 5 nitrogen and oxygen atoms in total. The normalized spacial score (nSPS) is 11.5. The van der Waals surface area contributed by atoms with E-state index in [-0.39, 0.29) is 5.75 Å². The van der Waals surface area contributed by atoms with Crippen LogP contribution >= 0.6 is 0 Å². The molecular weight excluding hydrogens is 264 g/mol. The fraction of sp³-hybridized carbons (Fsp3) is 0.538. The van der Waals surface area contributed by atoms with Gasteiger partial charge in [0.15, 0.2) is 0 Å². The van der Waals surface area contributed by atoms with Crippen molar-refractivity contribution in [1.29, 1.82) is 0 Å². The number of nitrogens with one attached hydrogen (secondary N) is 2. The minimum Gasteiger partial charge on any atom is -0.494 e. The van der Waals surface area contributed by atoms with Gasteiger partial charge in [-0.15, -0.1) is 0 Å². The van der Waals surface area contributed by atoms with Gasteiger partial charge in [0.2, 0.25) is 10.0 Å². The van der Waals surface area contributed by atoms with Gasteiger partial charge in [-0.3, -0.25) is 0 Å². The molecule has 0 spiro atoms. The molecule has 1 aromatic rings. The van der Waals surface area contributed by atoms with Crippen molar-refractivity contribution >= 4 is 10.0 Å². The van der Waals surface area contributed by atoms with Gasteiger partial charge in [0, 0.05) is 13.1 Å². The maximum Gasteiger partial charge on any atom is 0.212 e. The van der Waals surface area contributed by atoms with Crippen molar-refractivity contribution in [2.75, 3.05) is 26.0 Å². The van der Waals surface area contributed by atoms with E-state index in [0.29, 0.717) is 13.1 Å². The van der Waals surface area contributed by atoms with Crippen LogP contribution in [0.3, 0.4) is 0 Å². The average Bonchev–Trinajstić information content (AvgIpc) is 2.42. The second kappa shape index (κ2) is 8.14. The second-order valence-corrected chi connectivity index (χ2v) is 6.24. The van der Waals surface area contributed by atoms with E-state index in [4.69, 9.17) is 4.74 Å². The SMILES string of the molecule is CCCOc1ccc(CNCCS(=O)(=O)NC)cc1. The highest BCUT2D eigenvalue weighted by molar-refractivity contribution is 7.89. The summed E-state index contributed by atoms with van der Waals surface area (Å²) in [5, 5.41) is 3.09. The molecule has 2 N–H and O–H groups in total. The minimum atomic E-state index is -3.12. The summed E-state index contributed by atoms with van der Waals surface area (Å²) in [6.07, 6.45) is 0.989. The van der Waals surface area contributed by atoms with Gasteiger partial charge in [-0.2, -0.15) is 0 Å². The standard InChI is InChI=1S/C13H22N2O3S/c1-3-9-18-13-6-4-12(5-7-13)11-15-8-10-19(16,17)14-2/h4-7,14-15H,3,8-11H2,1-2H3. The highest BCUT2D eigenvalue weighted by Crippen LogP contribution is 2.12. The van der Waals surface area contributed by atoms with Crippen molar-refractivity contribution in [3.8, 4) is 5.75 Å². The topological polar surface area (TPSA) is 67.4 Å². The first-order chi connectivity index (χ1) is 9.07. The van der Waals surface area contributed by atoms with Gasteiger partial charge in [0.25, 0.3) is 0 Å². The first kappa shape index (κ1) is 15.9. The van der Waals surface area contributed by atoms with Crippen LogP contribution in [0.25, 0.3) is 0 Å². The van der Waals surface area contributed by atoms with Gasteiger partial charge < -0.3 is 10.1 Å². The first-order valence-electron chi connectivity index (χ1n) is 6.41. The third-order valence-corrected chi connectivity index (χ3v) is 3.95. The predicted molar refractivity (Wildman–Crippen MR) is 76.8 cm³/mol. The van der Waals surface area contributed by atoms with E-state index in [1.165, 1.54) is 7.05 Å². The van der Waals surface area contributed by atoms with E-state index >= 15 is 0 Å². The Kier molecular flexibility index (Phi) is 6.83. The summed E-state index contributed by atoms with van der Waals surface area (Å²) in [5.41, 5.74) is 1.10. The van der Waals surface area contributed by atoms with Crippen LogP contribution in [-0.4, -0.2) is 34.4 Å². The zero-order valence-electron chi connectivity index (χ0n) is 11.5. The van der Waals surface area contributed by atoms with E-state index < -0.39 is 10.0 Å². The third kappa shape index (κ3) is 6.56. The van der Waals surface area contributed by atoms with Crippen molar-refractivity contribution in [2.24, 2.45) is 0 Å². The lowest BCUT2D eigenvalue weighted by Crippen LogP contribution is -2.29. The molecule has 0 unspecified atom stereocenters. The summed E-state index contributed by atoms with van der Waals surface area (Å²) in [6.45, 7) is 3.86. The number of rotatable bonds is 9. The molecule has 0 bridgehead atoms. The lowest BCUT2D eigenvalue weighted by Gasteiger charge is -2.07. The van der Waals surface area contributed by atoms with Gasteiger partial charge in [-0.05, 0) is 31.2 Å². The van der Waals surface area contributed by atoms with Crippen LogP contribution in [0.2, 0.25) is 0 Å². The highest BCUT2D eigenvalue weighted by Gasteiger charge is 2.05. The molecule has 1 aromatic carbocycles. The average molecular weight is 286 g/mol. The predicted octanol–water partition coefficient (Wildman–Crippen LogP) is 1.11. The molecule has 0 radical (unpaired) electrons. The molecule has 108 valence electrons. The summed E-state index contributed by atoms with van der Waals surface area (Å²) in [6, 6.07) is 7.81. The van der Waals surface area contributed by atoms with E-state index in [1.54, 1.807) is 0 Å². The highest BCUT2D eigenvalue weighted by atomic mass is 32.2. The van der Waals surface area contributed by atoms with E-state index in [1.807, 2.05) is 24.3 Å². The molecule has 0 atom stereocenters. The summed E-state index contributed by atoms with van der Waals surface area (Å²) in [7, 11) is -1.70. The molecule has 1 rings (SSSR count). The molecule has 0 aliphatic heterocycles. The van der Waals surface area contributed by atoms with Crippen LogP contribution in [0.1, 0.15) is 18.9 Å². The van der Waals surface area contributed by atoms with E-state index in [0.717, 1.165) is 24.3 Å². The Balaban J connectivity index is 2.30. The van der Waals surface area contributed by atoms with Crippen LogP contribution in [0, 0.1) is 0 Å². The molecule has 0 aliphatic rings. The first-order valence-corrected chi connectivity index (χ1v) is 8.06. The van der Waals surface area contributed by atoms with Gasteiger partial charge >= 0.3 is 0 Å². The molecule has 0 heterocycles. The van der Waals surface area contributed by atoms with Gasteiger partial charge in [-0.25, -0.2) is 13.1 Å². The Morgan fingerprint density at radius 1 is 1.21 bits per heavy atom. The second-order valence-electron chi connectivity index (χ2n) is 4.19. The van der Waals surface area contributed by atoms with Gasteiger partial charge in [0.05, 0.1) is 12.4 Å². The van der Waals surface area contributed by atoms with Crippen molar-refractivity contribution < 1.29 is 13.2 Å². The number of benzene rings is 1. The third-order valence-electron chi connectivity index (χ3n) is 2.58. The van der Waals surface area contributed by atoms with Crippen molar-refractivity contribution in [3.63, 3.8) is 0 Å². The quantitative estimate of drug-likeness (QED) is 0.667. The molecule has 0 saturated carbocycles. The Labute approximate surface area is 115 Å². The number of sulfonamides is 1. The molecule has 0 aromatic heterocycles. The largest absolute Gasteiger partial charge is 0.494 e. The van der Waals surface area contributed by atoms with Crippen LogP contribution in [0.5, 0.6) is 5.75 Å². The molecule has 0 amide bonds. The van der Waals surface area contributed by atoms with Gasteiger partial charge in [0.1, 0.15) is 5.75 Å². The maximum atomic E-state index is 11.2. The lowest BCUT2D eigenvalue weighted by molar-refractivity contribution is 0.317. The molecule has 6 heteroatoms. The zero-order chi connectivity index (χ0) is 14.1. The fourth-order valence-electron chi connectivity index (χ4n) is 1.46. The minimum absolute atomic E-state index is 0.0845. The van der Waals surface area contributed by atoms with Crippen LogP contribution in [0.15, 0.2) is 24.3 Å². The molecule has 0 aliphatic carbocycles.